The molecule has 0 aromatic rings. The Labute approximate surface area is 76.9 Å². The number of hydrogen-bond donors (Lipinski definition) is 1. The van der Waals surface area contributed by atoms with Crippen molar-refractivity contribution in [2.24, 2.45) is 5.92 Å². The van der Waals surface area contributed by atoms with E-state index in [2.05, 4.69) is 0 Å². The molecule has 1 nitrogen and oxygen atoms in total. The van der Waals surface area contributed by atoms with Gasteiger partial charge in [-0.1, -0.05) is 13.8 Å². The third-order valence-electron chi connectivity index (χ3n) is 2.16. The maximum atomic E-state index is 12.0. The molecule has 0 atom stereocenters. The third-order valence-corrected chi connectivity index (χ3v) is 2.16. The number of hydrogen-bond acceptors (Lipinski definition) is 1. The highest BCUT2D eigenvalue weighted by molar-refractivity contribution is 4.76. The summed E-state index contributed by atoms with van der Waals surface area (Å²) in [5.74, 6) is -1.18. The Hall–Kier alpha value is -0.250. The van der Waals surface area contributed by atoms with E-state index in [1.807, 2.05) is 13.8 Å². The second-order valence-electron chi connectivity index (χ2n) is 3.05. The maximum absolute atomic E-state index is 12.0. The molecule has 0 aromatic carbocycles. The van der Waals surface area contributed by atoms with Crippen molar-refractivity contribution in [1.82, 2.24) is 0 Å². The van der Waals surface area contributed by atoms with Gasteiger partial charge < -0.3 is 5.11 Å². The summed E-state index contributed by atoms with van der Waals surface area (Å²) < 4.78 is 36.0. The van der Waals surface area contributed by atoms with E-state index in [0.717, 1.165) is 0 Å². The summed E-state index contributed by atoms with van der Waals surface area (Å²) in [6.45, 7) is 4.00. The van der Waals surface area contributed by atoms with Gasteiger partial charge in [0.05, 0.1) is 12.0 Å². The Morgan fingerprint density at radius 1 is 1.00 bits per heavy atom. The van der Waals surface area contributed by atoms with E-state index in [1.165, 1.54) is 0 Å². The Bertz CT molecular complexity index is 125. The van der Waals surface area contributed by atoms with E-state index in [-0.39, 0.29) is 12.8 Å². The van der Waals surface area contributed by atoms with E-state index in [1.54, 1.807) is 0 Å². The van der Waals surface area contributed by atoms with Gasteiger partial charge in [0.1, 0.15) is 0 Å². The molecular weight excluding hydrogens is 181 g/mol. The lowest BCUT2D eigenvalue weighted by Gasteiger charge is -2.26. The first kappa shape index (κ1) is 12.8. The molecule has 1 N–H and O–H groups in total. The van der Waals surface area contributed by atoms with Crippen molar-refractivity contribution < 1.29 is 18.3 Å². The van der Waals surface area contributed by atoms with E-state index in [0.29, 0.717) is 12.8 Å². The van der Waals surface area contributed by atoms with Gasteiger partial charge in [0, 0.05) is 0 Å². The molecule has 1 saturated carbocycles. The minimum atomic E-state index is -4.06. The highest BCUT2D eigenvalue weighted by Crippen LogP contribution is 2.37. The monoisotopic (exact) mass is 198 g/mol. The van der Waals surface area contributed by atoms with Gasteiger partial charge >= 0.3 is 6.18 Å². The molecule has 80 valence electrons. The van der Waals surface area contributed by atoms with Crippen LogP contribution in [0.15, 0.2) is 0 Å². The van der Waals surface area contributed by atoms with Crippen LogP contribution < -0.4 is 0 Å². The Morgan fingerprint density at radius 2 is 1.38 bits per heavy atom. The first-order valence-corrected chi connectivity index (χ1v) is 4.75. The minimum Gasteiger partial charge on any atom is -0.393 e. The summed E-state index contributed by atoms with van der Waals surface area (Å²) in [6, 6.07) is 0. The van der Waals surface area contributed by atoms with Crippen LogP contribution in [0, 0.1) is 5.92 Å². The fraction of sp³-hybridized carbons (Fsp3) is 1.00. The molecule has 1 rings (SSSR count). The van der Waals surface area contributed by atoms with Crippen molar-refractivity contribution in [3.63, 3.8) is 0 Å². The first-order valence-electron chi connectivity index (χ1n) is 4.75. The summed E-state index contributed by atoms with van der Waals surface area (Å²) in [4.78, 5) is 0. The maximum Gasteiger partial charge on any atom is 0.391 e. The van der Waals surface area contributed by atoms with Crippen molar-refractivity contribution in [3.05, 3.63) is 0 Å². The van der Waals surface area contributed by atoms with Crippen LogP contribution in [0.25, 0.3) is 0 Å². The fourth-order valence-corrected chi connectivity index (χ4v) is 1.40. The summed E-state index contributed by atoms with van der Waals surface area (Å²) >= 11 is 0. The summed E-state index contributed by atoms with van der Waals surface area (Å²) in [5.41, 5.74) is 0. The second kappa shape index (κ2) is 5.47. The molecule has 0 radical (unpaired) electrons. The number of rotatable bonds is 0. The third kappa shape index (κ3) is 4.50. The van der Waals surface area contributed by atoms with Crippen molar-refractivity contribution in [1.29, 1.82) is 0 Å². The largest absolute Gasteiger partial charge is 0.393 e. The van der Waals surface area contributed by atoms with Gasteiger partial charge in [-0.2, -0.15) is 13.2 Å². The molecule has 0 amide bonds. The highest BCUT2D eigenvalue weighted by Gasteiger charge is 2.40. The van der Waals surface area contributed by atoms with Crippen LogP contribution in [0.5, 0.6) is 0 Å². The van der Waals surface area contributed by atoms with Crippen molar-refractivity contribution in [3.8, 4) is 0 Å². The molecule has 0 aliphatic heterocycles. The molecule has 0 spiro atoms. The van der Waals surface area contributed by atoms with Gasteiger partial charge in [-0.15, -0.1) is 0 Å². The van der Waals surface area contributed by atoms with Crippen LogP contribution in [-0.2, 0) is 0 Å². The SMILES string of the molecule is CC.OC1CCC(C(F)(F)F)CC1. The smallest absolute Gasteiger partial charge is 0.391 e. The molecule has 0 saturated heterocycles. The Balaban J connectivity index is 0.000000671. The lowest BCUT2D eigenvalue weighted by atomic mass is 9.87. The summed E-state index contributed by atoms with van der Waals surface area (Å²) in [7, 11) is 0. The average Bonchev–Trinajstić information content (AvgIpc) is 2.07. The van der Waals surface area contributed by atoms with Crippen molar-refractivity contribution >= 4 is 0 Å². The molecule has 0 aromatic heterocycles. The van der Waals surface area contributed by atoms with Gasteiger partial charge in [0.2, 0.25) is 0 Å². The van der Waals surface area contributed by atoms with E-state index < -0.39 is 18.2 Å². The quantitative estimate of drug-likeness (QED) is 0.634. The van der Waals surface area contributed by atoms with Gasteiger partial charge in [0.15, 0.2) is 0 Å². The van der Waals surface area contributed by atoms with Crippen LogP contribution in [0.2, 0.25) is 0 Å². The number of alkyl halides is 3. The molecule has 1 fully saturated rings. The molecule has 4 heteroatoms. The molecule has 1 aliphatic rings. The molecule has 0 heterocycles. The predicted molar refractivity (Wildman–Crippen MR) is 45.4 cm³/mol. The van der Waals surface area contributed by atoms with Crippen LogP contribution in [0.4, 0.5) is 13.2 Å². The molecule has 0 unspecified atom stereocenters. The average molecular weight is 198 g/mol. The van der Waals surface area contributed by atoms with Gasteiger partial charge in [-0.05, 0) is 25.7 Å². The zero-order valence-corrected chi connectivity index (χ0v) is 8.06. The van der Waals surface area contributed by atoms with Crippen LogP contribution in [0.3, 0.4) is 0 Å². The summed E-state index contributed by atoms with van der Waals surface area (Å²) in [5, 5.41) is 8.93. The zero-order valence-electron chi connectivity index (χ0n) is 8.06. The standard InChI is InChI=1S/C7H11F3O.C2H6/c8-7(9,10)5-1-3-6(11)4-2-5;1-2/h5-6,11H,1-4H2;1-2H3. The number of aliphatic hydroxyl groups excluding tert-OH is 1. The molecule has 13 heavy (non-hydrogen) atoms. The predicted octanol–water partition coefficient (Wildman–Crippen LogP) is 3.13. The summed E-state index contributed by atoms with van der Waals surface area (Å²) in [6.07, 6.45) is -3.79. The van der Waals surface area contributed by atoms with Gasteiger partial charge in [0.25, 0.3) is 0 Å². The van der Waals surface area contributed by atoms with E-state index in [4.69, 9.17) is 5.11 Å². The number of aliphatic hydroxyl groups is 1. The highest BCUT2D eigenvalue weighted by atomic mass is 19.4. The van der Waals surface area contributed by atoms with E-state index in [9.17, 15) is 13.2 Å². The normalized spacial score (nSPS) is 29.1. The molecule has 1 aliphatic carbocycles. The topological polar surface area (TPSA) is 20.2 Å². The lowest BCUT2D eigenvalue weighted by Crippen LogP contribution is -2.29. The first-order chi connectivity index (χ1) is 6.00. The van der Waals surface area contributed by atoms with Crippen molar-refractivity contribution in [2.45, 2.75) is 51.8 Å². The lowest BCUT2D eigenvalue weighted by molar-refractivity contribution is -0.185. The zero-order chi connectivity index (χ0) is 10.5. The minimum absolute atomic E-state index is 0.0880. The molecule has 0 bridgehead atoms. The van der Waals surface area contributed by atoms with Crippen LogP contribution >= 0.6 is 0 Å². The second-order valence-corrected chi connectivity index (χ2v) is 3.05. The Kier molecular flexibility index (Phi) is 5.37. The van der Waals surface area contributed by atoms with Crippen LogP contribution in [-0.4, -0.2) is 17.4 Å². The fourth-order valence-electron chi connectivity index (χ4n) is 1.40. The van der Waals surface area contributed by atoms with E-state index >= 15 is 0 Å². The molecular formula is C9H17F3O. The van der Waals surface area contributed by atoms with Gasteiger partial charge in [-0.3, -0.25) is 0 Å². The van der Waals surface area contributed by atoms with Gasteiger partial charge in [-0.25, -0.2) is 0 Å². The van der Waals surface area contributed by atoms with Crippen LogP contribution in [0.1, 0.15) is 39.5 Å². The Morgan fingerprint density at radius 3 is 1.69 bits per heavy atom. The van der Waals surface area contributed by atoms with Crippen molar-refractivity contribution in [2.75, 3.05) is 0 Å². The number of halogens is 3.